The average molecular weight is 559 g/mol. The summed E-state index contributed by atoms with van der Waals surface area (Å²) in [6.07, 6.45) is 1.51. The predicted molar refractivity (Wildman–Crippen MR) is 147 cm³/mol. The van der Waals surface area contributed by atoms with E-state index in [-0.39, 0.29) is 60.2 Å². The molecule has 4 rings (SSSR count). The fourth-order valence-electron chi connectivity index (χ4n) is 5.28. The van der Waals surface area contributed by atoms with Crippen LogP contribution in [0, 0.1) is 5.92 Å². The first kappa shape index (κ1) is 29.8. The van der Waals surface area contributed by atoms with E-state index in [1.165, 1.54) is 4.90 Å². The Bertz CT molecular complexity index is 1110. The van der Waals surface area contributed by atoms with Crippen molar-refractivity contribution < 1.29 is 33.8 Å². The second kappa shape index (κ2) is 12.6. The number of para-hydroxylation sites is 1. The first-order valence-corrected chi connectivity index (χ1v) is 14.2. The lowest BCUT2D eigenvalue weighted by molar-refractivity contribution is -0.150. The number of rotatable bonds is 10. The maximum absolute atomic E-state index is 13.8. The highest BCUT2D eigenvalue weighted by Gasteiger charge is 2.44. The largest absolute Gasteiger partial charge is 0.483 e. The molecular weight excluding hydrogens is 516 g/mol. The molecule has 40 heavy (non-hydrogen) atoms. The Kier molecular flexibility index (Phi) is 9.35. The Hall–Kier alpha value is -3.18. The zero-order chi connectivity index (χ0) is 29.0. The van der Waals surface area contributed by atoms with Crippen molar-refractivity contribution in [1.29, 1.82) is 0 Å². The Morgan fingerprint density at radius 2 is 1.90 bits per heavy atom. The van der Waals surface area contributed by atoms with Gasteiger partial charge in [-0.3, -0.25) is 19.2 Å². The number of carbonyl (C=O) groups is 4. The van der Waals surface area contributed by atoms with Crippen LogP contribution in [0.2, 0.25) is 0 Å². The number of benzene rings is 1. The van der Waals surface area contributed by atoms with E-state index in [0.29, 0.717) is 26.2 Å². The molecule has 0 unspecified atom stereocenters. The molecule has 2 saturated heterocycles. The second-order valence-electron chi connectivity index (χ2n) is 11.9. The Morgan fingerprint density at radius 1 is 1.18 bits per heavy atom. The summed E-state index contributed by atoms with van der Waals surface area (Å²) in [5.41, 5.74) is 0.0231. The van der Waals surface area contributed by atoms with Gasteiger partial charge in [0, 0.05) is 25.0 Å². The third-order valence-electron chi connectivity index (χ3n) is 7.74. The molecular formula is C29H42N4O7. The Balaban J connectivity index is 1.47. The predicted octanol–water partition coefficient (Wildman–Crippen LogP) is 1.09. The van der Waals surface area contributed by atoms with Crippen LogP contribution < -0.4 is 15.4 Å². The lowest BCUT2D eigenvalue weighted by Gasteiger charge is -2.37. The SMILES string of the molecule is CC(C)C[C@@H](NC(=O)c1ccccc1OCC(=O)NC1(C)CC1)C(=O)N1C[C@@H](O)C[C@@H]1C(=O)N1CCOC[C@H]1C. The fourth-order valence-corrected chi connectivity index (χ4v) is 5.28. The van der Waals surface area contributed by atoms with Gasteiger partial charge in [0.1, 0.15) is 17.8 Å². The number of β-amino-alcohol motifs (C(OH)–C–C–N with tert-alkyl or cyclic N) is 1. The zero-order valence-corrected chi connectivity index (χ0v) is 23.9. The fraction of sp³-hybridized carbons (Fsp3) is 0.655. The molecule has 220 valence electrons. The third-order valence-corrected chi connectivity index (χ3v) is 7.74. The molecule has 3 aliphatic rings. The van der Waals surface area contributed by atoms with E-state index < -0.39 is 30.0 Å². The van der Waals surface area contributed by atoms with Crippen molar-refractivity contribution in [2.24, 2.45) is 5.92 Å². The van der Waals surface area contributed by atoms with Gasteiger partial charge in [0.2, 0.25) is 11.8 Å². The van der Waals surface area contributed by atoms with Gasteiger partial charge in [0.05, 0.1) is 30.9 Å². The van der Waals surface area contributed by atoms with Crippen LogP contribution in [0.4, 0.5) is 0 Å². The molecule has 2 heterocycles. The molecule has 0 bridgehead atoms. The van der Waals surface area contributed by atoms with Crippen molar-refractivity contribution in [2.45, 2.75) is 83.1 Å². The number of ether oxygens (including phenoxy) is 2. The van der Waals surface area contributed by atoms with Gasteiger partial charge in [0.25, 0.3) is 11.8 Å². The van der Waals surface area contributed by atoms with Crippen LogP contribution in [0.25, 0.3) is 0 Å². The van der Waals surface area contributed by atoms with Crippen LogP contribution in [-0.2, 0) is 19.1 Å². The topological polar surface area (TPSA) is 138 Å². The first-order valence-electron chi connectivity index (χ1n) is 14.2. The van der Waals surface area contributed by atoms with E-state index >= 15 is 0 Å². The highest BCUT2D eigenvalue weighted by molar-refractivity contribution is 6.00. The normalized spacial score (nSPS) is 24.4. The van der Waals surface area contributed by atoms with Crippen molar-refractivity contribution in [3.8, 4) is 5.75 Å². The smallest absolute Gasteiger partial charge is 0.258 e. The summed E-state index contributed by atoms with van der Waals surface area (Å²) in [6.45, 7) is 8.81. The highest BCUT2D eigenvalue weighted by atomic mass is 16.5. The van der Waals surface area contributed by atoms with E-state index in [0.717, 1.165) is 12.8 Å². The Labute approximate surface area is 235 Å². The summed E-state index contributed by atoms with van der Waals surface area (Å²) in [5.74, 6) is -1.11. The zero-order valence-electron chi connectivity index (χ0n) is 23.9. The molecule has 0 aromatic heterocycles. The molecule has 1 aliphatic carbocycles. The number of hydrogen-bond acceptors (Lipinski definition) is 7. The van der Waals surface area contributed by atoms with Crippen molar-refractivity contribution in [2.75, 3.05) is 32.9 Å². The number of carbonyl (C=O) groups excluding carboxylic acids is 4. The molecule has 1 saturated carbocycles. The van der Waals surface area contributed by atoms with Crippen LogP contribution in [0.3, 0.4) is 0 Å². The molecule has 1 aromatic rings. The summed E-state index contributed by atoms with van der Waals surface area (Å²) in [5, 5.41) is 16.2. The number of likely N-dealkylation sites (tertiary alicyclic amines) is 1. The van der Waals surface area contributed by atoms with Gasteiger partial charge >= 0.3 is 0 Å². The summed E-state index contributed by atoms with van der Waals surface area (Å²) >= 11 is 0. The lowest BCUT2D eigenvalue weighted by atomic mass is 10.0. The molecule has 0 spiro atoms. The van der Waals surface area contributed by atoms with E-state index in [2.05, 4.69) is 10.6 Å². The number of morpholine rings is 1. The van der Waals surface area contributed by atoms with Crippen LogP contribution in [0.5, 0.6) is 5.75 Å². The molecule has 4 amide bonds. The van der Waals surface area contributed by atoms with Gasteiger partial charge < -0.3 is 35.0 Å². The van der Waals surface area contributed by atoms with Gasteiger partial charge in [0.15, 0.2) is 6.61 Å². The third kappa shape index (κ3) is 7.31. The van der Waals surface area contributed by atoms with Crippen LogP contribution in [0.1, 0.15) is 63.7 Å². The summed E-state index contributed by atoms with van der Waals surface area (Å²) in [7, 11) is 0. The van der Waals surface area contributed by atoms with Crippen LogP contribution in [-0.4, -0.2) is 101 Å². The van der Waals surface area contributed by atoms with Crippen molar-refractivity contribution in [3.05, 3.63) is 29.8 Å². The van der Waals surface area contributed by atoms with Gasteiger partial charge in [-0.05, 0) is 51.2 Å². The van der Waals surface area contributed by atoms with Crippen molar-refractivity contribution in [3.63, 3.8) is 0 Å². The average Bonchev–Trinajstić information content (AvgIpc) is 3.50. The quantitative estimate of drug-likeness (QED) is 0.391. The molecule has 3 fully saturated rings. The number of aliphatic hydroxyl groups is 1. The highest BCUT2D eigenvalue weighted by Crippen LogP contribution is 2.34. The molecule has 11 nitrogen and oxygen atoms in total. The van der Waals surface area contributed by atoms with E-state index in [4.69, 9.17) is 9.47 Å². The second-order valence-corrected chi connectivity index (χ2v) is 11.9. The number of nitrogens with zero attached hydrogens (tertiary/aromatic N) is 2. The maximum Gasteiger partial charge on any atom is 0.258 e. The Morgan fingerprint density at radius 3 is 2.58 bits per heavy atom. The van der Waals surface area contributed by atoms with Gasteiger partial charge in [-0.2, -0.15) is 0 Å². The van der Waals surface area contributed by atoms with Gasteiger partial charge in [-0.15, -0.1) is 0 Å². The van der Waals surface area contributed by atoms with Crippen LogP contribution >= 0.6 is 0 Å². The molecule has 3 N–H and O–H groups in total. The van der Waals surface area contributed by atoms with E-state index in [1.54, 1.807) is 29.2 Å². The number of amides is 4. The van der Waals surface area contributed by atoms with E-state index in [9.17, 15) is 24.3 Å². The number of hydrogen-bond donors (Lipinski definition) is 3. The number of aliphatic hydroxyl groups excluding tert-OH is 1. The van der Waals surface area contributed by atoms with Gasteiger partial charge in [-0.1, -0.05) is 26.0 Å². The minimum absolute atomic E-state index is 0.0200. The summed E-state index contributed by atoms with van der Waals surface area (Å²) in [4.78, 5) is 56.1. The van der Waals surface area contributed by atoms with E-state index in [1.807, 2.05) is 27.7 Å². The summed E-state index contributed by atoms with van der Waals surface area (Å²) < 4.78 is 11.1. The van der Waals surface area contributed by atoms with Crippen molar-refractivity contribution >= 4 is 23.6 Å². The van der Waals surface area contributed by atoms with Crippen molar-refractivity contribution in [1.82, 2.24) is 20.4 Å². The first-order chi connectivity index (χ1) is 19.0. The molecule has 2 aliphatic heterocycles. The monoisotopic (exact) mass is 558 g/mol. The minimum Gasteiger partial charge on any atom is -0.483 e. The standard InChI is InChI=1S/C29H42N4O7/c1-18(2)13-22(27(37)33-15-20(34)14-23(33)28(38)32-11-12-39-16-19(32)3)30-26(36)21-7-5-6-8-24(21)40-17-25(35)31-29(4)9-10-29/h5-8,18-20,22-23,34H,9-17H2,1-4H3,(H,30,36)(H,31,35)/t19-,20+,22-,23-/m1/s1. The molecule has 4 atom stereocenters. The molecule has 0 radical (unpaired) electrons. The van der Waals surface area contributed by atoms with Gasteiger partial charge in [-0.25, -0.2) is 0 Å². The molecule has 11 heteroatoms. The maximum atomic E-state index is 13.8. The summed E-state index contributed by atoms with van der Waals surface area (Å²) in [6, 6.07) is 4.72. The lowest BCUT2D eigenvalue weighted by Crippen LogP contribution is -2.57. The minimum atomic E-state index is -0.915. The molecule has 1 aromatic carbocycles. The number of nitrogens with one attached hydrogen (secondary N) is 2. The van der Waals surface area contributed by atoms with Crippen LogP contribution in [0.15, 0.2) is 24.3 Å².